The van der Waals surface area contributed by atoms with Crippen LogP contribution >= 0.6 is 0 Å². The van der Waals surface area contributed by atoms with E-state index in [1.807, 2.05) is 0 Å². The molecule has 0 radical (unpaired) electrons. The molecule has 0 fully saturated rings. The van der Waals surface area contributed by atoms with Crippen LogP contribution in [0.2, 0.25) is 0 Å². The summed E-state index contributed by atoms with van der Waals surface area (Å²) in [6.07, 6.45) is 0. The third-order valence-corrected chi connectivity index (χ3v) is 3.69. The minimum atomic E-state index is -4.66. The molecule has 0 spiro atoms. The van der Waals surface area contributed by atoms with Crippen molar-refractivity contribution >= 4 is 15.5 Å². The number of alkyl halides is 2. The molecule has 1 aromatic heterocycles. The van der Waals surface area contributed by atoms with Crippen LogP contribution in [-0.2, 0) is 16.4 Å². The normalized spacial score (nSPS) is 11.7. The topological polar surface area (TPSA) is 101 Å². The predicted molar refractivity (Wildman–Crippen MR) is 61.1 cm³/mol. The number of hydrogen-bond donors (Lipinski definition) is 2. The quantitative estimate of drug-likeness (QED) is 0.844. The van der Waals surface area contributed by atoms with Crippen LogP contribution in [0.1, 0.15) is 5.82 Å². The van der Waals surface area contributed by atoms with Gasteiger partial charge in [-0.15, -0.1) is 10.2 Å². The van der Waals surface area contributed by atoms with Gasteiger partial charge in [-0.1, -0.05) is 17.3 Å². The molecule has 0 atom stereocenters. The fourth-order valence-electron chi connectivity index (χ4n) is 1.39. The first-order chi connectivity index (χ1) is 9.01. The highest BCUT2D eigenvalue weighted by Gasteiger charge is 2.28. The lowest BCUT2D eigenvalue weighted by molar-refractivity contribution is 0.235. The molecule has 2 aromatic rings. The number of aromatic amines is 1. The maximum absolute atomic E-state index is 12.5. The average molecular weight is 289 g/mol. The van der Waals surface area contributed by atoms with Crippen molar-refractivity contribution in [1.82, 2.24) is 20.6 Å². The first-order valence-corrected chi connectivity index (χ1v) is 6.63. The molecule has 0 aliphatic heterocycles. The van der Waals surface area contributed by atoms with E-state index in [2.05, 4.69) is 25.9 Å². The van der Waals surface area contributed by atoms with Crippen molar-refractivity contribution in [3.05, 3.63) is 30.1 Å². The molecule has 0 amide bonds. The highest BCUT2D eigenvalue weighted by atomic mass is 32.2. The van der Waals surface area contributed by atoms with Crippen LogP contribution in [0, 0.1) is 0 Å². The van der Waals surface area contributed by atoms with Gasteiger partial charge in [0.2, 0.25) is 9.84 Å². The van der Waals surface area contributed by atoms with Crippen LogP contribution < -0.4 is 5.32 Å². The van der Waals surface area contributed by atoms with Crippen LogP contribution in [0.3, 0.4) is 0 Å². The number of tetrazole rings is 1. The van der Waals surface area contributed by atoms with Gasteiger partial charge >= 0.3 is 5.76 Å². The van der Waals surface area contributed by atoms with Crippen molar-refractivity contribution in [3.8, 4) is 0 Å². The van der Waals surface area contributed by atoms with Gasteiger partial charge in [0, 0.05) is 0 Å². The summed E-state index contributed by atoms with van der Waals surface area (Å²) in [6, 6.07) is 5.40. The number of rotatable bonds is 5. The van der Waals surface area contributed by atoms with Crippen molar-refractivity contribution in [1.29, 1.82) is 0 Å². The van der Waals surface area contributed by atoms with Crippen molar-refractivity contribution in [2.45, 2.75) is 17.2 Å². The number of halogens is 2. The summed E-state index contributed by atoms with van der Waals surface area (Å²) in [6.45, 7) is 0.0618. The first kappa shape index (κ1) is 13.3. The molecule has 7 nitrogen and oxygen atoms in total. The number of H-pyrrole nitrogens is 1. The second-order valence-corrected chi connectivity index (χ2v) is 5.37. The van der Waals surface area contributed by atoms with E-state index in [1.165, 1.54) is 18.2 Å². The zero-order valence-electron chi connectivity index (χ0n) is 9.42. The molecule has 0 aliphatic carbocycles. The van der Waals surface area contributed by atoms with Gasteiger partial charge in [0.05, 0.1) is 17.1 Å². The van der Waals surface area contributed by atoms with E-state index < -0.39 is 20.5 Å². The Kier molecular flexibility index (Phi) is 3.69. The summed E-state index contributed by atoms with van der Waals surface area (Å²) < 4.78 is 48.0. The number of sulfone groups is 1. The lowest BCUT2D eigenvalue weighted by Crippen LogP contribution is -2.14. The molecule has 19 heavy (non-hydrogen) atoms. The summed E-state index contributed by atoms with van der Waals surface area (Å²) >= 11 is 0. The van der Waals surface area contributed by atoms with Crippen molar-refractivity contribution in [3.63, 3.8) is 0 Å². The summed E-state index contributed by atoms with van der Waals surface area (Å²) in [5.41, 5.74) is 0.0626. The molecule has 1 aromatic carbocycles. The lowest BCUT2D eigenvalue weighted by Gasteiger charge is -2.10. The van der Waals surface area contributed by atoms with Crippen LogP contribution in [0.25, 0.3) is 0 Å². The van der Waals surface area contributed by atoms with Crippen LogP contribution in [0.4, 0.5) is 14.5 Å². The van der Waals surface area contributed by atoms with E-state index >= 15 is 0 Å². The van der Waals surface area contributed by atoms with E-state index in [9.17, 15) is 17.2 Å². The Morgan fingerprint density at radius 2 is 2.05 bits per heavy atom. The molecule has 0 saturated carbocycles. The Morgan fingerprint density at radius 1 is 1.32 bits per heavy atom. The van der Waals surface area contributed by atoms with Crippen molar-refractivity contribution < 1.29 is 17.2 Å². The van der Waals surface area contributed by atoms with E-state index in [1.54, 1.807) is 0 Å². The zero-order chi connectivity index (χ0) is 13.9. The average Bonchev–Trinajstić information content (AvgIpc) is 2.89. The molecule has 0 aliphatic rings. The largest absolute Gasteiger partial charge is 0.377 e. The fourth-order valence-corrected chi connectivity index (χ4v) is 2.30. The summed E-state index contributed by atoms with van der Waals surface area (Å²) in [5.74, 6) is -3.19. The summed E-state index contributed by atoms with van der Waals surface area (Å²) in [5, 5.41) is 15.5. The van der Waals surface area contributed by atoms with Gasteiger partial charge in [-0.2, -0.15) is 14.0 Å². The first-order valence-electron chi connectivity index (χ1n) is 5.09. The number of nitrogens with one attached hydrogen (secondary N) is 2. The van der Waals surface area contributed by atoms with Crippen LogP contribution in [0.5, 0.6) is 0 Å². The SMILES string of the molecule is O=S(=O)(c1ccccc1NCc1nn[nH]n1)C(F)F. The Labute approximate surface area is 106 Å². The number of para-hydroxylation sites is 1. The molecule has 2 rings (SSSR count). The van der Waals surface area contributed by atoms with Crippen LogP contribution in [0.15, 0.2) is 29.2 Å². The molecular weight excluding hydrogens is 280 g/mol. The number of aromatic nitrogens is 4. The molecule has 102 valence electrons. The maximum atomic E-state index is 12.5. The van der Waals surface area contributed by atoms with E-state index in [0.717, 1.165) is 6.07 Å². The van der Waals surface area contributed by atoms with Crippen molar-refractivity contribution in [2.75, 3.05) is 5.32 Å². The molecule has 0 bridgehead atoms. The number of benzene rings is 1. The Hall–Kier alpha value is -2.10. The molecule has 2 N–H and O–H groups in total. The molecule has 1 heterocycles. The van der Waals surface area contributed by atoms with Gasteiger partial charge in [-0.25, -0.2) is 8.42 Å². The second-order valence-electron chi connectivity index (χ2n) is 3.48. The van der Waals surface area contributed by atoms with Crippen molar-refractivity contribution in [2.24, 2.45) is 0 Å². The van der Waals surface area contributed by atoms with Crippen LogP contribution in [-0.4, -0.2) is 34.8 Å². The lowest BCUT2D eigenvalue weighted by atomic mass is 10.3. The number of anilines is 1. The summed E-state index contributed by atoms with van der Waals surface area (Å²) in [7, 11) is -4.66. The highest BCUT2D eigenvalue weighted by Crippen LogP contribution is 2.26. The minimum Gasteiger partial charge on any atom is -0.377 e. The van der Waals surface area contributed by atoms with E-state index in [-0.39, 0.29) is 18.1 Å². The number of nitrogens with zero attached hydrogens (tertiary/aromatic N) is 3. The van der Waals surface area contributed by atoms with Gasteiger partial charge in [-0.3, -0.25) is 0 Å². The standard InChI is InChI=1S/C9H9F2N5O2S/c10-9(11)19(17,18)7-4-2-1-3-6(7)12-5-8-13-15-16-14-8/h1-4,9,12H,5H2,(H,13,14,15,16). The monoisotopic (exact) mass is 289 g/mol. The Balaban J connectivity index is 2.27. The van der Waals surface area contributed by atoms with Gasteiger partial charge in [0.1, 0.15) is 0 Å². The third-order valence-electron chi connectivity index (χ3n) is 2.25. The highest BCUT2D eigenvalue weighted by molar-refractivity contribution is 7.91. The minimum absolute atomic E-state index is 0.0618. The van der Waals surface area contributed by atoms with E-state index in [4.69, 9.17) is 0 Å². The Morgan fingerprint density at radius 3 is 2.68 bits per heavy atom. The zero-order valence-corrected chi connectivity index (χ0v) is 10.2. The molecule has 10 heteroatoms. The predicted octanol–water partition coefficient (Wildman–Crippen LogP) is 0.808. The molecular formula is C9H9F2N5O2S. The third kappa shape index (κ3) is 2.84. The maximum Gasteiger partial charge on any atom is 0.341 e. The second kappa shape index (κ2) is 5.26. The smallest absolute Gasteiger partial charge is 0.341 e. The molecule has 0 unspecified atom stereocenters. The van der Waals surface area contributed by atoms with Gasteiger partial charge in [0.25, 0.3) is 0 Å². The summed E-state index contributed by atoms with van der Waals surface area (Å²) in [4.78, 5) is -0.464. The van der Waals surface area contributed by atoms with Gasteiger partial charge < -0.3 is 5.32 Å². The molecule has 0 saturated heterocycles. The number of hydrogen-bond acceptors (Lipinski definition) is 6. The van der Waals surface area contributed by atoms with E-state index in [0.29, 0.717) is 0 Å². The fraction of sp³-hybridized carbons (Fsp3) is 0.222. The van der Waals surface area contributed by atoms with Gasteiger partial charge in [-0.05, 0) is 12.1 Å². The van der Waals surface area contributed by atoms with Gasteiger partial charge in [0.15, 0.2) is 5.82 Å². The Bertz CT molecular complexity index is 644.